The number of rotatable bonds is 8. The molecule has 0 aliphatic carbocycles. The highest BCUT2D eigenvalue weighted by molar-refractivity contribution is 5.79. The van der Waals surface area contributed by atoms with Crippen molar-refractivity contribution in [1.82, 2.24) is 0 Å². The predicted molar refractivity (Wildman–Crippen MR) is 47.1 cm³/mol. The summed E-state index contributed by atoms with van der Waals surface area (Å²) >= 11 is 0. The molecule has 0 amide bonds. The Hall–Kier alpha value is -0.410. The molecule has 0 spiro atoms. The maximum Gasteiger partial charge on any atom is 0.158 e. The summed E-state index contributed by atoms with van der Waals surface area (Å²) in [5.41, 5.74) is 0. The molecule has 0 aromatic heterocycles. The van der Waals surface area contributed by atoms with Crippen LogP contribution in [0.3, 0.4) is 0 Å². The number of aliphatic hydroxyl groups excluding tert-OH is 1. The van der Waals surface area contributed by atoms with Gasteiger partial charge in [-0.2, -0.15) is 0 Å². The summed E-state index contributed by atoms with van der Waals surface area (Å²) in [4.78, 5) is 10.9. The van der Waals surface area contributed by atoms with Crippen LogP contribution in [0.4, 0.5) is 0 Å². The van der Waals surface area contributed by atoms with Crippen molar-refractivity contribution in [3.8, 4) is 0 Å². The zero-order valence-corrected chi connectivity index (χ0v) is 7.71. The third-order valence-corrected chi connectivity index (χ3v) is 1.67. The normalized spacial score (nSPS) is 10.2. The van der Waals surface area contributed by atoms with Gasteiger partial charge in [-0.25, -0.2) is 0 Å². The minimum atomic E-state index is 0.168. The fourth-order valence-electron chi connectivity index (χ4n) is 1.02. The van der Waals surface area contributed by atoms with Crippen molar-refractivity contribution in [1.29, 1.82) is 0 Å². The summed E-state index contributed by atoms with van der Waals surface area (Å²) in [5, 5.41) is 8.47. The Labute approximate surface area is 73.7 Å². The molecule has 3 nitrogen and oxygen atoms in total. The van der Waals surface area contributed by atoms with Gasteiger partial charge in [-0.05, 0) is 12.8 Å². The molecular formula is C9H18O3. The molecule has 0 fully saturated rings. The minimum Gasteiger partial charge on any atom is -0.396 e. The number of unbranched alkanes of at least 4 members (excludes halogenated alkanes) is 3. The van der Waals surface area contributed by atoms with Crippen molar-refractivity contribution < 1.29 is 14.6 Å². The van der Waals surface area contributed by atoms with Gasteiger partial charge in [-0.15, -0.1) is 0 Å². The average Bonchev–Trinajstić information content (AvgIpc) is 2.05. The lowest BCUT2D eigenvalue weighted by atomic mass is 10.1. The predicted octanol–water partition coefficient (Wildman–Crippen LogP) is 1.14. The van der Waals surface area contributed by atoms with E-state index in [0.29, 0.717) is 6.42 Å². The lowest BCUT2D eigenvalue weighted by Gasteiger charge is -1.99. The third-order valence-electron chi connectivity index (χ3n) is 1.67. The van der Waals surface area contributed by atoms with Crippen molar-refractivity contribution >= 4 is 5.78 Å². The summed E-state index contributed by atoms with van der Waals surface area (Å²) in [6.45, 7) is 0.492. The molecule has 0 saturated carbocycles. The van der Waals surface area contributed by atoms with E-state index in [-0.39, 0.29) is 19.0 Å². The second kappa shape index (κ2) is 8.68. The van der Waals surface area contributed by atoms with Crippen LogP contribution in [0.5, 0.6) is 0 Å². The first-order valence-corrected chi connectivity index (χ1v) is 4.42. The first-order chi connectivity index (χ1) is 5.81. The molecule has 0 aliphatic rings. The molecule has 0 rings (SSSR count). The molecule has 12 heavy (non-hydrogen) atoms. The summed E-state index contributed by atoms with van der Waals surface area (Å²) in [7, 11) is 1.53. The second-order valence-electron chi connectivity index (χ2n) is 2.86. The zero-order valence-electron chi connectivity index (χ0n) is 7.71. The minimum absolute atomic E-state index is 0.168. The third kappa shape index (κ3) is 7.69. The highest BCUT2D eigenvalue weighted by Gasteiger charge is 1.99. The van der Waals surface area contributed by atoms with Crippen LogP contribution in [0.1, 0.15) is 32.1 Å². The van der Waals surface area contributed by atoms with Gasteiger partial charge in [0.1, 0.15) is 6.61 Å². The van der Waals surface area contributed by atoms with Gasteiger partial charge in [0.15, 0.2) is 5.78 Å². The second-order valence-corrected chi connectivity index (χ2v) is 2.86. The lowest BCUT2D eigenvalue weighted by Crippen LogP contribution is -2.05. The topological polar surface area (TPSA) is 46.5 Å². The van der Waals surface area contributed by atoms with Gasteiger partial charge in [0.05, 0.1) is 0 Å². The molecule has 72 valence electrons. The SMILES string of the molecule is COCC(=O)CCCCCCO. The fraction of sp³-hybridized carbons (Fsp3) is 0.889. The van der Waals surface area contributed by atoms with Crippen molar-refractivity contribution in [2.75, 3.05) is 20.3 Å². The number of hydrogen-bond acceptors (Lipinski definition) is 3. The van der Waals surface area contributed by atoms with E-state index in [9.17, 15) is 4.79 Å². The van der Waals surface area contributed by atoms with Gasteiger partial charge in [-0.1, -0.05) is 12.8 Å². The largest absolute Gasteiger partial charge is 0.396 e. The Kier molecular flexibility index (Phi) is 8.39. The van der Waals surface area contributed by atoms with Crippen LogP contribution in [0.15, 0.2) is 0 Å². The number of aliphatic hydroxyl groups is 1. The van der Waals surface area contributed by atoms with E-state index >= 15 is 0 Å². The van der Waals surface area contributed by atoms with E-state index in [4.69, 9.17) is 9.84 Å². The Morgan fingerprint density at radius 2 is 1.92 bits per heavy atom. The van der Waals surface area contributed by atoms with E-state index in [1.165, 1.54) is 7.11 Å². The Balaban J connectivity index is 3.03. The Morgan fingerprint density at radius 3 is 2.50 bits per heavy atom. The van der Waals surface area contributed by atoms with E-state index < -0.39 is 0 Å². The van der Waals surface area contributed by atoms with Gasteiger partial charge in [-0.3, -0.25) is 4.79 Å². The van der Waals surface area contributed by atoms with Crippen LogP contribution in [0.25, 0.3) is 0 Å². The number of ketones is 1. The van der Waals surface area contributed by atoms with E-state index in [1.807, 2.05) is 0 Å². The Bertz CT molecular complexity index is 112. The zero-order chi connectivity index (χ0) is 9.23. The quantitative estimate of drug-likeness (QED) is 0.561. The van der Waals surface area contributed by atoms with Crippen LogP contribution in [0.2, 0.25) is 0 Å². The molecule has 0 bridgehead atoms. The number of hydrogen-bond donors (Lipinski definition) is 1. The smallest absolute Gasteiger partial charge is 0.158 e. The van der Waals surface area contributed by atoms with E-state index in [1.54, 1.807) is 0 Å². The molecule has 0 atom stereocenters. The highest BCUT2D eigenvalue weighted by Crippen LogP contribution is 2.02. The number of carbonyl (C=O) groups is 1. The number of Topliss-reactive ketones (excluding diaryl/α,β-unsaturated/α-hetero) is 1. The summed E-state index contributed by atoms with van der Waals surface area (Å²) in [6.07, 6.45) is 4.41. The molecule has 0 unspecified atom stereocenters. The molecule has 0 aromatic rings. The number of carbonyl (C=O) groups excluding carboxylic acids is 1. The molecular weight excluding hydrogens is 156 g/mol. The van der Waals surface area contributed by atoms with Crippen LogP contribution < -0.4 is 0 Å². The first-order valence-electron chi connectivity index (χ1n) is 4.42. The number of methoxy groups -OCH3 is 1. The maximum absolute atomic E-state index is 10.9. The van der Waals surface area contributed by atoms with Gasteiger partial charge in [0.2, 0.25) is 0 Å². The summed E-state index contributed by atoms with van der Waals surface area (Å²) in [6, 6.07) is 0. The van der Waals surface area contributed by atoms with E-state index in [0.717, 1.165) is 25.7 Å². The molecule has 0 saturated heterocycles. The molecule has 0 aromatic carbocycles. The number of ether oxygens (including phenoxy) is 1. The lowest BCUT2D eigenvalue weighted by molar-refractivity contribution is -0.122. The highest BCUT2D eigenvalue weighted by atomic mass is 16.5. The molecule has 0 heterocycles. The van der Waals surface area contributed by atoms with E-state index in [2.05, 4.69) is 0 Å². The molecule has 0 radical (unpaired) electrons. The van der Waals surface area contributed by atoms with Gasteiger partial charge in [0.25, 0.3) is 0 Å². The van der Waals surface area contributed by atoms with Gasteiger partial charge < -0.3 is 9.84 Å². The van der Waals surface area contributed by atoms with Crippen molar-refractivity contribution in [3.63, 3.8) is 0 Å². The fourth-order valence-corrected chi connectivity index (χ4v) is 1.02. The van der Waals surface area contributed by atoms with Crippen LogP contribution in [0, 0.1) is 0 Å². The molecule has 3 heteroatoms. The van der Waals surface area contributed by atoms with Crippen LogP contribution in [-0.2, 0) is 9.53 Å². The average molecular weight is 174 g/mol. The molecule has 1 N–H and O–H groups in total. The van der Waals surface area contributed by atoms with Crippen LogP contribution >= 0.6 is 0 Å². The van der Waals surface area contributed by atoms with Gasteiger partial charge >= 0.3 is 0 Å². The van der Waals surface area contributed by atoms with Crippen molar-refractivity contribution in [2.45, 2.75) is 32.1 Å². The standard InChI is InChI=1S/C9H18O3/c1-12-8-9(11)6-4-2-3-5-7-10/h10H,2-8H2,1H3. The first kappa shape index (κ1) is 11.6. The Morgan fingerprint density at radius 1 is 1.25 bits per heavy atom. The van der Waals surface area contributed by atoms with Gasteiger partial charge in [0, 0.05) is 20.1 Å². The molecule has 0 aliphatic heterocycles. The monoisotopic (exact) mass is 174 g/mol. The summed E-state index contributed by atoms with van der Waals surface area (Å²) in [5.74, 6) is 0.168. The maximum atomic E-state index is 10.9. The summed E-state index contributed by atoms with van der Waals surface area (Å²) < 4.78 is 4.69. The van der Waals surface area contributed by atoms with Crippen molar-refractivity contribution in [3.05, 3.63) is 0 Å². The van der Waals surface area contributed by atoms with Crippen LogP contribution in [-0.4, -0.2) is 31.2 Å². The van der Waals surface area contributed by atoms with Crippen molar-refractivity contribution in [2.24, 2.45) is 0 Å².